The predicted molar refractivity (Wildman–Crippen MR) is 35.0 cm³/mol. The molecule has 0 atom stereocenters. The Kier molecular flexibility index (Phi) is 8.95. The molecule has 3 nitrogen and oxygen atoms in total. The fourth-order valence-corrected chi connectivity index (χ4v) is 0.213. The highest BCUT2D eigenvalue weighted by molar-refractivity contribution is 5.85. The second-order valence-electron chi connectivity index (χ2n) is 1.26. The first-order chi connectivity index (χ1) is 3.27. The van der Waals surface area contributed by atoms with Gasteiger partial charge in [0.2, 0.25) is 5.91 Å². The third-order valence-electron chi connectivity index (χ3n) is 0.514. The van der Waals surface area contributed by atoms with Crippen LogP contribution in [0.3, 0.4) is 0 Å². The lowest BCUT2D eigenvalue weighted by molar-refractivity contribution is -0.119. The van der Waals surface area contributed by atoms with Crippen LogP contribution < -0.4 is 10.6 Å². The third kappa shape index (κ3) is 9.21. The van der Waals surface area contributed by atoms with Crippen LogP contribution in [0.25, 0.3) is 0 Å². The summed E-state index contributed by atoms with van der Waals surface area (Å²) in [6.45, 7) is 2.03. The molecule has 0 aliphatic carbocycles. The van der Waals surface area contributed by atoms with Crippen LogP contribution in [0, 0.1) is 0 Å². The fourth-order valence-electron chi connectivity index (χ4n) is 0.213. The molecule has 0 aromatic carbocycles. The highest BCUT2D eigenvalue weighted by Crippen LogP contribution is 1.52. The van der Waals surface area contributed by atoms with Gasteiger partial charge in [-0.2, -0.15) is 0 Å². The van der Waals surface area contributed by atoms with E-state index in [4.69, 9.17) is 0 Å². The zero-order chi connectivity index (χ0) is 5.70. The number of rotatable bonds is 2. The van der Waals surface area contributed by atoms with Crippen LogP contribution in [-0.4, -0.2) is 19.6 Å². The lowest BCUT2D eigenvalue weighted by Crippen LogP contribution is -2.29. The maximum absolute atomic E-state index is 10.1. The number of hydrogen-bond acceptors (Lipinski definition) is 2. The Balaban J connectivity index is 0. The molecule has 0 saturated carbocycles. The number of carbonyl (C=O) groups excluding carboxylic acids is 1. The average molecular weight is 139 g/mol. The van der Waals surface area contributed by atoms with Crippen LogP contribution in [0.1, 0.15) is 6.92 Å². The SMILES string of the molecule is CNCNC(C)=O.Cl. The van der Waals surface area contributed by atoms with E-state index in [1.807, 2.05) is 0 Å². The Bertz CT molecular complexity index is 67.1. The zero-order valence-electron chi connectivity index (χ0n) is 5.02. The molecular formula is C4H11ClN2O. The van der Waals surface area contributed by atoms with E-state index < -0.39 is 0 Å². The second kappa shape index (κ2) is 6.72. The van der Waals surface area contributed by atoms with Gasteiger partial charge in [-0.25, -0.2) is 0 Å². The van der Waals surface area contributed by atoms with Gasteiger partial charge in [-0.15, -0.1) is 12.4 Å². The van der Waals surface area contributed by atoms with Gasteiger partial charge >= 0.3 is 0 Å². The van der Waals surface area contributed by atoms with Gasteiger partial charge < -0.3 is 10.6 Å². The van der Waals surface area contributed by atoms with E-state index in [1.165, 1.54) is 6.92 Å². The minimum Gasteiger partial charge on any atom is -0.344 e. The van der Waals surface area contributed by atoms with E-state index in [1.54, 1.807) is 7.05 Å². The van der Waals surface area contributed by atoms with Crippen molar-refractivity contribution in [3.63, 3.8) is 0 Å². The van der Waals surface area contributed by atoms with Crippen molar-refractivity contribution in [2.75, 3.05) is 13.7 Å². The summed E-state index contributed by atoms with van der Waals surface area (Å²) in [5.74, 6) is -0.00523. The highest BCUT2D eigenvalue weighted by Gasteiger charge is 1.82. The summed E-state index contributed by atoms with van der Waals surface area (Å²) in [4.78, 5) is 10.1. The van der Waals surface area contributed by atoms with Crippen LogP contribution in [0.2, 0.25) is 0 Å². The van der Waals surface area contributed by atoms with Crippen molar-refractivity contribution in [3.05, 3.63) is 0 Å². The van der Waals surface area contributed by atoms with Gasteiger partial charge in [0.15, 0.2) is 0 Å². The molecule has 0 aromatic heterocycles. The van der Waals surface area contributed by atoms with E-state index >= 15 is 0 Å². The number of carbonyl (C=O) groups is 1. The summed E-state index contributed by atoms with van der Waals surface area (Å²) < 4.78 is 0. The van der Waals surface area contributed by atoms with E-state index in [-0.39, 0.29) is 18.3 Å². The summed E-state index contributed by atoms with van der Waals surface area (Å²) in [5, 5.41) is 5.31. The molecule has 0 unspecified atom stereocenters. The number of halogens is 1. The molecule has 0 rings (SSSR count). The summed E-state index contributed by atoms with van der Waals surface area (Å²) in [6.07, 6.45) is 0. The molecule has 0 bridgehead atoms. The first-order valence-electron chi connectivity index (χ1n) is 2.16. The van der Waals surface area contributed by atoms with Crippen molar-refractivity contribution in [2.24, 2.45) is 0 Å². The second-order valence-corrected chi connectivity index (χ2v) is 1.26. The third-order valence-corrected chi connectivity index (χ3v) is 0.514. The molecule has 0 fully saturated rings. The smallest absolute Gasteiger partial charge is 0.217 e. The fraction of sp³-hybridized carbons (Fsp3) is 0.750. The Morgan fingerprint density at radius 3 is 2.25 bits per heavy atom. The van der Waals surface area contributed by atoms with Gasteiger partial charge in [0.05, 0.1) is 6.67 Å². The Morgan fingerprint density at radius 2 is 2.12 bits per heavy atom. The molecule has 0 saturated heterocycles. The topological polar surface area (TPSA) is 41.1 Å². The van der Waals surface area contributed by atoms with Crippen molar-refractivity contribution >= 4 is 18.3 Å². The Hall–Kier alpha value is -0.280. The van der Waals surface area contributed by atoms with Crippen LogP contribution in [-0.2, 0) is 4.79 Å². The first kappa shape index (κ1) is 10.7. The average Bonchev–Trinajstić information content (AvgIpc) is 1.61. The molecule has 0 aromatic rings. The lowest BCUT2D eigenvalue weighted by atomic mass is 10.7. The maximum atomic E-state index is 10.1. The van der Waals surface area contributed by atoms with E-state index in [0.717, 1.165) is 0 Å². The molecule has 50 valence electrons. The molecule has 2 N–H and O–H groups in total. The van der Waals surface area contributed by atoms with Crippen molar-refractivity contribution in [3.8, 4) is 0 Å². The Morgan fingerprint density at radius 1 is 1.62 bits per heavy atom. The van der Waals surface area contributed by atoms with E-state index in [0.29, 0.717) is 6.67 Å². The van der Waals surface area contributed by atoms with Crippen LogP contribution >= 0.6 is 12.4 Å². The minimum atomic E-state index is -0.00523. The molecule has 0 aliphatic heterocycles. The van der Waals surface area contributed by atoms with E-state index in [9.17, 15) is 4.79 Å². The summed E-state index contributed by atoms with van der Waals surface area (Å²) in [6, 6.07) is 0. The zero-order valence-corrected chi connectivity index (χ0v) is 5.84. The van der Waals surface area contributed by atoms with Gasteiger partial charge in [-0.1, -0.05) is 0 Å². The van der Waals surface area contributed by atoms with E-state index in [2.05, 4.69) is 10.6 Å². The largest absolute Gasteiger partial charge is 0.344 e. The van der Waals surface area contributed by atoms with Gasteiger partial charge in [0.25, 0.3) is 0 Å². The summed E-state index contributed by atoms with van der Waals surface area (Å²) in [7, 11) is 1.77. The molecule has 0 aliphatic rings. The predicted octanol–water partition coefficient (Wildman–Crippen LogP) is -0.279. The normalized spacial score (nSPS) is 7.25. The van der Waals surface area contributed by atoms with Gasteiger partial charge in [0, 0.05) is 6.92 Å². The molecule has 8 heavy (non-hydrogen) atoms. The van der Waals surface area contributed by atoms with Crippen LogP contribution in [0.15, 0.2) is 0 Å². The monoisotopic (exact) mass is 138 g/mol. The van der Waals surface area contributed by atoms with Crippen LogP contribution in [0.5, 0.6) is 0 Å². The van der Waals surface area contributed by atoms with Crippen molar-refractivity contribution in [2.45, 2.75) is 6.92 Å². The molecule has 0 spiro atoms. The van der Waals surface area contributed by atoms with Gasteiger partial charge in [0.1, 0.15) is 0 Å². The standard InChI is InChI=1S/C4H10N2O.ClH/c1-4(7)6-3-5-2;/h5H,3H2,1-2H3,(H,6,7);1H. The van der Waals surface area contributed by atoms with Crippen LogP contribution in [0.4, 0.5) is 0 Å². The molecule has 0 heterocycles. The van der Waals surface area contributed by atoms with Crippen molar-refractivity contribution in [1.29, 1.82) is 0 Å². The molecular weight excluding hydrogens is 128 g/mol. The number of amides is 1. The summed E-state index contributed by atoms with van der Waals surface area (Å²) >= 11 is 0. The summed E-state index contributed by atoms with van der Waals surface area (Å²) in [5.41, 5.74) is 0. The van der Waals surface area contributed by atoms with Gasteiger partial charge in [-0.3, -0.25) is 4.79 Å². The minimum absolute atomic E-state index is 0. The van der Waals surface area contributed by atoms with Crippen molar-refractivity contribution in [1.82, 2.24) is 10.6 Å². The Labute approximate surface area is 55.2 Å². The molecule has 0 radical (unpaired) electrons. The quantitative estimate of drug-likeness (QED) is 0.516. The number of hydrogen-bond donors (Lipinski definition) is 2. The molecule has 4 heteroatoms. The maximum Gasteiger partial charge on any atom is 0.217 e. The highest BCUT2D eigenvalue weighted by atomic mass is 35.5. The first-order valence-corrected chi connectivity index (χ1v) is 2.16. The van der Waals surface area contributed by atoms with Gasteiger partial charge in [-0.05, 0) is 7.05 Å². The lowest BCUT2D eigenvalue weighted by Gasteiger charge is -1.95. The van der Waals surface area contributed by atoms with Crippen molar-refractivity contribution < 1.29 is 4.79 Å². The number of nitrogens with one attached hydrogen (secondary N) is 2. The molecule has 1 amide bonds.